The molecule has 1 aromatic heterocycles. The Kier molecular flexibility index (Phi) is 6.14. The van der Waals surface area contributed by atoms with Gasteiger partial charge >= 0.3 is 0 Å². The normalized spacial score (nSPS) is 16.1. The second-order valence-electron chi connectivity index (χ2n) is 7.52. The van der Waals surface area contributed by atoms with Crippen LogP contribution in [0.25, 0.3) is 11.4 Å². The Balaban J connectivity index is 1.45. The van der Waals surface area contributed by atoms with Crippen molar-refractivity contribution in [1.82, 2.24) is 19.8 Å². The summed E-state index contributed by atoms with van der Waals surface area (Å²) in [6.45, 7) is 1.72. The minimum atomic E-state index is -4.16. The minimum Gasteiger partial charge on any atom is -0.497 e. The zero-order chi connectivity index (χ0) is 23.6. The van der Waals surface area contributed by atoms with E-state index in [-0.39, 0.29) is 30.2 Å². The van der Waals surface area contributed by atoms with E-state index in [2.05, 4.69) is 15.5 Å². The molecule has 1 aliphatic heterocycles. The Morgan fingerprint density at radius 3 is 2.55 bits per heavy atom. The topological polar surface area (TPSA) is 132 Å². The summed E-state index contributed by atoms with van der Waals surface area (Å²) >= 11 is 0. The summed E-state index contributed by atoms with van der Waals surface area (Å²) in [6, 6.07) is 12.0. The molecule has 1 unspecified atom stereocenters. The summed E-state index contributed by atoms with van der Waals surface area (Å²) in [6.07, 6.45) is 0.0576. The molecule has 1 atom stereocenters. The third-order valence-electron chi connectivity index (χ3n) is 5.27. The van der Waals surface area contributed by atoms with E-state index in [0.717, 1.165) is 5.56 Å². The summed E-state index contributed by atoms with van der Waals surface area (Å²) in [7, 11) is -2.59. The van der Waals surface area contributed by atoms with Crippen LogP contribution < -0.4 is 10.1 Å². The van der Waals surface area contributed by atoms with Gasteiger partial charge in [0.25, 0.3) is 10.0 Å². The maximum Gasteiger partial charge on any atom is 0.267 e. The zero-order valence-corrected chi connectivity index (χ0v) is 18.8. The van der Waals surface area contributed by atoms with Gasteiger partial charge in [-0.05, 0) is 49.7 Å². The summed E-state index contributed by atoms with van der Waals surface area (Å²) in [5, 5.41) is 6.49. The van der Waals surface area contributed by atoms with Crippen LogP contribution in [0.1, 0.15) is 24.3 Å². The van der Waals surface area contributed by atoms with Gasteiger partial charge in [0.05, 0.1) is 18.6 Å². The SMILES string of the molecule is COc1ccc(-c2noc(CNC(=O)C3CCC(=O)N3S(=O)(=O)c3ccc(C)cc3)n2)cc1. The van der Waals surface area contributed by atoms with Gasteiger partial charge in [-0.2, -0.15) is 4.98 Å². The highest BCUT2D eigenvalue weighted by atomic mass is 32.2. The highest BCUT2D eigenvalue weighted by Gasteiger charge is 2.44. The molecular weight excluding hydrogens is 448 g/mol. The van der Waals surface area contributed by atoms with Gasteiger partial charge in [0.15, 0.2) is 0 Å². The van der Waals surface area contributed by atoms with Gasteiger partial charge in [-0.3, -0.25) is 9.59 Å². The molecule has 0 aliphatic carbocycles. The first-order valence-corrected chi connectivity index (χ1v) is 11.6. The van der Waals surface area contributed by atoms with Crippen LogP contribution in [-0.2, 0) is 26.2 Å². The van der Waals surface area contributed by atoms with Gasteiger partial charge in [0.2, 0.25) is 23.5 Å². The number of benzene rings is 2. The van der Waals surface area contributed by atoms with Crippen molar-refractivity contribution in [3.63, 3.8) is 0 Å². The molecule has 0 radical (unpaired) electrons. The quantitative estimate of drug-likeness (QED) is 0.555. The Labute approximate surface area is 190 Å². The molecule has 1 fully saturated rings. The van der Waals surface area contributed by atoms with Crippen molar-refractivity contribution < 1.29 is 27.3 Å². The van der Waals surface area contributed by atoms with Crippen LogP contribution in [-0.4, -0.2) is 47.8 Å². The van der Waals surface area contributed by atoms with Crippen LogP contribution in [0, 0.1) is 6.92 Å². The lowest BCUT2D eigenvalue weighted by molar-refractivity contribution is -0.130. The fraction of sp³-hybridized carbons (Fsp3) is 0.273. The molecule has 4 rings (SSSR count). The molecule has 0 spiro atoms. The van der Waals surface area contributed by atoms with Crippen molar-refractivity contribution >= 4 is 21.8 Å². The van der Waals surface area contributed by atoms with E-state index in [1.165, 1.54) is 12.1 Å². The summed E-state index contributed by atoms with van der Waals surface area (Å²) in [5.41, 5.74) is 1.58. The molecule has 33 heavy (non-hydrogen) atoms. The Bertz CT molecular complexity index is 1270. The van der Waals surface area contributed by atoms with Crippen molar-refractivity contribution in [3.8, 4) is 17.1 Å². The number of aryl methyl sites for hydroxylation is 1. The molecule has 0 saturated carbocycles. The smallest absolute Gasteiger partial charge is 0.267 e. The second kappa shape index (κ2) is 9.02. The summed E-state index contributed by atoms with van der Waals surface area (Å²) in [4.78, 5) is 29.4. The van der Waals surface area contributed by atoms with Crippen molar-refractivity contribution in [1.29, 1.82) is 0 Å². The van der Waals surface area contributed by atoms with E-state index < -0.39 is 27.9 Å². The van der Waals surface area contributed by atoms with Crippen LogP contribution in [0.2, 0.25) is 0 Å². The van der Waals surface area contributed by atoms with Crippen LogP contribution in [0.5, 0.6) is 5.75 Å². The standard InChI is InChI=1S/C22H22N4O6S/c1-14-3-9-17(10-4-14)33(29,30)26-18(11-12-20(26)27)22(28)23-13-19-24-21(25-32-19)15-5-7-16(31-2)8-6-15/h3-10,18H,11-13H2,1-2H3,(H,23,28). The maximum atomic E-state index is 13.0. The highest BCUT2D eigenvalue weighted by Crippen LogP contribution is 2.28. The third kappa shape index (κ3) is 4.58. The highest BCUT2D eigenvalue weighted by molar-refractivity contribution is 7.89. The zero-order valence-electron chi connectivity index (χ0n) is 18.0. The Morgan fingerprint density at radius 1 is 1.18 bits per heavy atom. The van der Waals surface area contributed by atoms with Gasteiger partial charge in [0.1, 0.15) is 11.8 Å². The van der Waals surface area contributed by atoms with E-state index in [9.17, 15) is 18.0 Å². The summed E-state index contributed by atoms with van der Waals surface area (Å²) in [5.74, 6) is -0.0602. The number of hydrogen-bond acceptors (Lipinski definition) is 8. The lowest BCUT2D eigenvalue weighted by atomic mass is 10.2. The monoisotopic (exact) mass is 470 g/mol. The largest absolute Gasteiger partial charge is 0.497 e. The van der Waals surface area contributed by atoms with Crippen molar-refractivity contribution in [2.75, 3.05) is 7.11 Å². The molecule has 10 nitrogen and oxygen atoms in total. The van der Waals surface area contributed by atoms with Gasteiger partial charge in [-0.1, -0.05) is 22.9 Å². The van der Waals surface area contributed by atoms with E-state index in [4.69, 9.17) is 9.26 Å². The van der Waals surface area contributed by atoms with E-state index >= 15 is 0 Å². The van der Waals surface area contributed by atoms with Gasteiger partial charge in [0, 0.05) is 12.0 Å². The summed E-state index contributed by atoms with van der Waals surface area (Å²) < 4.78 is 37.0. The third-order valence-corrected chi connectivity index (χ3v) is 7.12. The number of nitrogens with zero attached hydrogens (tertiary/aromatic N) is 3. The lowest BCUT2D eigenvalue weighted by Gasteiger charge is -2.23. The molecule has 1 saturated heterocycles. The first kappa shape index (κ1) is 22.5. The molecule has 3 aromatic rings. The molecule has 0 bridgehead atoms. The predicted octanol–water partition coefficient (Wildman–Crippen LogP) is 2.05. The number of methoxy groups -OCH3 is 1. The van der Waals surface area contributed by atoms with Crippen LogP contribution >= 0.6 is 0 Å². The fourth-order valence-electron chi connectivity index (χ4n) is 3.49. The number of aromatic nitrogens is 2. The van der Waals surface area contributed by atoms with E-state index in [0.29, 0.717) is 21.4 Å². The van der Waals surface area contributed by atoms with Crippen LogP contribution in [0.15, 0.2) is 57.9 Å². The molecule has 2 amide bonds. The van der Waals surface area contributed by atoms with Crippen LogP contribution in [0.3, 0.4) is 0 Å². The maximum absolute atomic E-state index is 13.0. The van der Waals surface area contributed by atoms with Crippen LogP contribution in [0.4, 0.5) is 0 Å². The number of ether oxygens (including phenoxy) is 1. The average Bonchev–Trinajstić information content (AvgIpc) is 3.45. The molecule has 2 heterocycles. The van der Waals surface area contributed by atoms with Crippen molar-refractivity contribution in [3.05, 3.63) is 60.0 Å². The average molecular weight is 471 g/mol. The first-order chi connectivity index (χ1) is 15.8. The molecule has 1 N–H and O–H groups in total. The van der Waals surface area contributed by atoms with Crippen molar-refractivity contribution in [2.45, 2.75) is 37.2 Å². The number of sulfonamides is 1. The number of amides is 2. The van der Waals surface area contributed by atoms with Crippen molar-refractivity contribution in [2.24, 2.45) is 0 Å². The molecule has 2 aromatic carbocycles. The Morgan fingerprint density at radius 2 is 1.88 bits per heavy atom. The molecular formula is C22H22N4O6S. The van der Waals surface area contributed by atoms with E-state index in [1.54, 1.807) is 43.5 Å². The lowest BCUT2D eigenvalue weighted by Crippen LogP contribution is -2.47. The minimum absolute atomic E-state index is 0.0364. The van der Waals surface area contributed by atoms with Gasteiger partial charge in [-0.15, -0.1) is 0 Å². The van der Waals surface area contributed by atoms with Gasteiger partial charge in [-0.25, -0.2) is 12.7 Å². The number of rotatable bonds is 7. The fourth-order valence-corrected chi connectivity index (χ4v) is 5.09. The number of hydrogen-bond donors (Lipinski definition) is 1. The number of carbonyl (C=O) groups is 2. The van der Waals surface area contributed by atoms with Gasteiger partial charge < -0.3 is 14.6 Å². The number of nitrogens with one attached hydrogen (secondary N) is 1. The second-order valence-corrected chi connectivity index (χ2v) is 9.34. The molecule has 11 heteroatoms. The first-order valence-electron chi connectivity index (χ1n) is 10.2. The number of carbonyl (C=O) groups excluding carboxylic acids is 2. The molecule has 172 valence electrons. The van der Waals surface area contributed by atoms with E-state index in [1.807, 2.05) is 6.92 Å². The Hall–Kier alpha value is -3.73. The predicted molar refractivity (Wildman–Crippen MR) is 116 cm³/mol. The molecule has 1 aliphatic rings.